The monoisotopic (exact) mass is 525 g/mol. The molecule has 1 amide bonds. The number of aldehydes is 1. The van der Waals surface area contributed by atoms with Gasteiger partial charge >= 0.3 is 0 Å². The first kappa shape index (κ1) is 27.6. The standard InChI is InChI=1S/C28H35N3O7/c1-30(2)9-14-37-25-16-22-15-23(18-36-19-38-27(22)24(17-32)26(25)33)20-3-5-21(6-4-20)28(34)29-7-8-31-10-12-35-13-11-31/h3-6,15-17,33H,7-14,18-19H2,1-2H3,(H,29,34)/b23-15+. The molecule has 0 atom stereocenters. The molecule has 0 radical (unpaired) electrons. The van der Waals surface area contributed by atoms with E-state index in [-0.39, 0.29) is 42.1 Å². The van der Waals surface area contributed by atoms with Crippen molar-refractivity contribution in [1.29, 1.82) is 0 Å². The molecular weight excluding hydrogens is 490 g/mol. The van der Waals surface area contributed by atoms with Crippen molar-refractivity contribution in [3.05, 3.63) is 52.6 Å². The third kappa shape index (κ3) is 7.11. The summed E-state index contributed by atoms with van der Waals surface area (Å²) in [6.07, 6.45) is 2.39. The van der Waals surface area contributed by atoms with E-state index < -0.39 is 0 Å². The molecule has 10 nitrogen and oxygen atoms in total. The Balaban J connectivity index is 1.50. The summed E-state index contributed by atoms with van der Waals surface area (Å²) >= 11 is 0. The molecule has 0 aromatic heterocycles. The number of benzene rings is 2. The van der Waals surface area contributed by atoms with Gasteiger partial charge in [0.15, 0.2) is 24.6 Å². The molecule has 0 unspecified atom stereocenters. The summed E-state index contributed by atoms with van der Waals surface area (Å²) < 4.78 is 22.4. The number of hydrogen-bond acceptors (Lipinski definition) is 9. The number of rotatable bonds is 10. The summed E-state index contributed by atoms with van der Waals surface area (Å²) in [4.78, 5) is 28.7. The zero-order valence-corrected chi connectivity index (χ0v) is 21.9. The highest BCUT2D eigenvalue weighted by Crippen LogP contribution is 2.41. The number of phenols is 1. The molecule has 38 heavy (non-hydrogen) atoms. The van der Waals surface area contributed by atoms with Crippen molar-refractivity contribution in [3.63, 3.8) is 0 Å². The number of aromatic hydroxyl groups is 1. The van der Waals surface area contributed by atoms with Gasteiger partial charge in [0.05, 0.1) is 19.8 Å². The number of morpholine rings is 1. The first-order valence-electron chi connectivity index (χ1n) is 12.7. The highest BCUT2D eigenvalue weighted by molar-refractivity contribution is 5.95. The molecule has 0 aliphatic carbocycles. The molecule has 10 heteroatoms. The molecule has 4 rings (SSSR count). The largest absolute Gasteiger partial charge is 0.504 e. The van der Waals surface area contributed by atoms with Gasteiger partial charge in [0.2, 0.25) is 0 Å². The number of amides is 1. The molecule has 1 fully saturated rings. The second kappa shape index (κ2) is 13.4. The quantitative estimate of drug-likeness (QED) is 0.451. The van der Waals surface area contributed by atoms with Crippen molar-refractivity contribution in [3.8, 4) is 17.2 Å². The highest BCUT2D eigenvalue weighted by atomic mass is 16.7. The van der Waals surface area contributed by atoms with Gasteiger partial charge in [0, 0.05) is 43.9 Å². The van der Waals surface area contributed by atoms with Crippen LogP contribution >= 0.6 is 0 Å². The minimum atomic E-state index is -0.267. The Morgan fingerprint density at radius 1 is 1.18 bits per heavy atom. The van der Waals surface area contributed by atoms with Crippen LogP contribution in [0.3, 0.4) is 0 Å². The van der Waals surface area contributed by atoms with Gasteiger partial charge in [0.1, 0.15) is 17.9 Å². The topological polar surface area (TPSA) is 110 Å². The lowest BCUT2D eigenvalue weighted by molar-refractivity contribution is 0.0318. The van der Waals surface area contributed by atoms with E-state index in [9.17, 15) is 14.7 Å². The number of ether oxygens (including phenoxy) is 4. The summed E-state index contributed by atoms with van der Waals surface area (Å²) in [6, 6.07) is 8.95. The van der Waals surface area contributed by atoms with Gasteiger partial charge in [-0.15, -0.1) is 0 Å². The van der Waals surface area contributed by atoms with E-state index in [1.54, 1.807) is 18.2 Å². The maximum Gasteiger partial charge on any atom is 0.251 e. The minimum Gasteiger partial charge on any atom is -0.504 e. The summed E-state index contributed by atoms with van der Waals surface area (Å²) in [6.45, 7) is 5.75. The van der Waals surface area contributed by atoms with Crippen molar-refractivity contribution < 1.29 is 33.6 Å². The fraction of sp³-hybridized carbons (Fsp3) is 0.429. The van der Waals surface area contributed by atoms with Crippen molar-refractivity contribution in [2.24, 2.45) is 0 Å². The number of fused-ring (bicyclic) bond motifs is 1. The zero-order valence-electron chi connectivity index (χ0n) is 21.9. The predicted molar refractivity (Wildman–Crippen MR) is 143 cm³/mol. The Kier molecular flexibility index (Phi) is 9.72. The van der Waals surface area contributed by atoms with Crippen LogP contribution in [0.25, 0.3) is 11.6 Å². The minimum absolute atomic E-state index is 0.00699. The van der Waals surface area contributed by atoms with Crippen molar-refractivity contribution in [2.75, 3.05) is 80.0 Å². The lowest BCUT2D eigenvalue weighted by atomic mass is 9.99. The highest BCUT2D eigenvalue weighted by Gasteiger charge is 2.21. The SMILES string of the molecule is CN(C)CCOc1cc2c(c(C=O)c1O)OCOC/C(c1ccc(C(=O)NCCN3CCOCC3)cc1)=C\2. The van der Waals surface area contributed by atoms with Crippen LogP contribution in [-0.4, -0.2) is 107 Å². The molecule has 0 bridgehead atoms. The number of nitrogens with one attached hydrogen (secondary N) is 1. The maximum absolute atomic E-state index is 12.6. The molecular formula is C28H35N3O7. The van der Waals surface area contributed by atoms with Crippen LogP contribution in [-0.2, 0) is 9.47 Å². The summed E-state index contributed by atoms with van der Waals surface area (Å²) in [5.41, 5.74) is 2.85. The molecule has 2 N–H and O–H groups in total. The van der Waals surface area contributed by atoms with Crippen LogP contribution in [0.2, 0.25) is 0 Å². The second-order valence-corrected chi connectivity index (χ2v) is 9.39. The summed E-state index contributed by atoms with van der Waals surface area (Å²) in [7, 11) is 3.84. The Hall–Kier alpha value is -3.44. The molecule has 0 saturated carbocycles. The third-order valence-electron chi connectivity index (χ3n) is 6.40. The lowest BCUT2D eigenvalue weighted by Crippen LogP contribution is -2.41. The average molecular weight is 526 g/mol. The number of carbonyl (C=O) groups excluding carboxylic acids is 2. The van der Waals surface area contributed by atoms with Gasteiger partial charge in [-0.2, -0.15) is 0 Å². The average Bonchev–Trinajstić information content (AvgIpc) is 2.91. The van der Waals surface area contributed by atoms with E-state index in [1.807, 2.05) is 37.2 Å². The molecule has 2 heterocycles. The number of nitrogens with zero attached hydrogens (tertiary/aromatic N) is 2. The van der Waals surface area contributed by atoms with E-state index in [0.717, 1.165) is 44.0 Å². The van der Waals surface area contributed by atoms with Crippen LogP contribution in [0.1, 0.15) is 31.8 Å². The fourth-order valence-corrected chi connectivity index (χ4v) is 4.24. The predicted octanol–water partition coefficient (Wildman–Crippen LogP) is 2.11. The summed E-state index contributed by atoms with van der Waals surface area (Å²) in [5, 5.41) is 13.6. The molecule has 1 saturated heterocycles. The van der Waals surface area contributed by atoms with E-state index in [0.29, 0.717) is 37.1 Å². The van der Waals surface area contributed by atoms with E-state index >= 15 is 0 Å². The van der Waals surface area contributed by atoms with Crippen LogP contribution in [0, 0.1) is 0 Å². The molecule has 2 aromatic carbocycles. The Labute approximate surface area is 222 Å². The van der Waals surface area contributed by atoms with Crippen LogP contribution in [0.15, 0.2) is 30.3 Å². The molecule has 2 aliphatic heterocycles. The number of likely N-dealkylation sites (N-methyl/N-ethyl adjacent to an activating group) is 1. The lowest BCUT2D eigenvalue weighted by Gasteiger charge is -2.26. The molecule has 0 spiro atoms. The second-order valence-electron chi connectivity index (χ2n) is 9.39. The van der Waals surface area contributed by atoms with E-state index in [1.165, 1.54) is 0 Å². The van der Waals surface area contributed by atoms with Crippen molar-refractivity contribution in [1.82, 2.24) is 15.1 Å². The molecule has 2 aliphatic rings. The number of hydrogen-bond donors (Lipinski definition) is 2. The molecule has 204 valence electrons. The van der Waals surface area contributed by atoms with Gasteiger partial charge in [0.25, 0.3) is 5.91 Å². The maximum atomic E-state index is 12.6. The number of phenolic OH excluding ortho intramolecular Hbond substituents is 1. The van der Waals surface area contributed by atoms with Gasteiger partial charge in [-0.25, -0.2) is 0 Å². The van der Waals surface area contributed by atoms with Gasteiger partial charge in [-0.05, 0) is 49.5 Å². The van der Waals surface area contributed by atoms with Gasteiger partial charge < -0.3 is 34.3 Å². The third-order valence-corrected chi connectivity index (χ3v) is 6.40. The first-order chi connectivity index (χ1) is 18.5. The fourth-order valence-electron chi connectivity index (χ4n) is 4.24. The van der Waals surface area contributed by atoms with E-state index in [2.05, 4.69) is 10.2 Å². The van der Waals surface area contributed by atoms with Gasteiger partial charge in [-0.1, -0.05) is 12.1 Å². The van der Waals surface area contributed by atoms with Crippen LogP contribution in [0.4, 0.5) is 0 Å². The van der Waals surface area contributed by atoms with Crippen LogP contribution in [0.5, 0.6) is 17.2 Å². The van der Waals surface area contributed by atoms with Crippen molar-refractivity contribution in [2.45, 2.75) is 0 Å². The van der Waals surface area contributed by atoms with Crippen LogP contribution < -0.4 is 14.8 Å². The Morgan fingerprint density at radius 2 is 1.95 bits per heavy atom. The Bertz CT molecular complexity index is 1140. The molecule has 2 aromatic rings. The summed E-state index contributed by atoms with van der Waals surface area (Å²) in [5.74, 6) is 0.0393. The van der Waals surface area contributed by atoms with E-state index in [4.69, 9.17) is 18.9 Å². The Morgan fingerprint density at radius 3 is 2.66 bits per heavy atom. The zero-order chi connectivity index (χ0) is 26.9. The van der Waals surface area contributed by atoms with Gasteiger partial charge in [-0.3, -0.25) is 14.5 Å². The normalized spacial score (nSPS) is 17.4. The first-order valence-corrected chi connectivity index (χ1v) is 12.7. The smallest absolute Gasteiger partial charge is 0.251 e. The number of carbonyl (C=O) groups is 2. The van der Waals surface area contributed by atoms with Crippen molar-refractivity contribution >= 4 is 23.8 Å².